The first kappa shape index (κ1) is 23.9. The van der Waals surface area contributed by atoms with Crippen LogP contribution in [0.2, 0.25) is 0 Å². The van der Waals surface area contributed by atoms with Crippen LogP contribution in [0.15, 0.2) is 35.2 Å². The van der Waals surface area contributed by atoms with Crippen LogP contribution in [-0.2, 0) is 24.3 Å². The van der Waals surface area contributed by atoms with Crippen molar-refractivity contribution in [3.8, 4) is 0 Å². The van der Waals surface area contributed by atoms with Gasteiger partial charge in [-0.2, -0.15) is 16.5 Å². The van der Waals surface area contributed by atoms with Gasteiger partial charge in [-0.15, -0.1) is 0 Å². The molecule has 0 radical (unpaired) electrons. The van der Waals surface area contributed by atoms with Gasteiger partial charge in [0, 0.05) is 6.54 Å². The minimum Gasteiger partial charge on any atom is -0.454 e. The SMILES string of the molecule is CCCNC(=O)NC(=O)COC(=O)C(CCSC)NS(=O)(=O)c1ccccc1. The highest BCUT2D eigenvalue weighted by atomic mass is 32.2. The van der Waals surface area contributed by atoms with E-state index < -0.39 is 40.6 Å². The summed E-state index contributed by atoms with van der Waals surface area (Å²) in [6.45, 7) is 1.56. The number of esters is 1. The Morgan fingerprint density at radius 1 is 1.18 bits per heavy atom. The first-order valence-electron chi connectivity index (χ1n) is 8.60. The van der Waals surface area contributed by atoms with Crippen molar-refractivity contribution >= 4 is 39.7 Å². The zero-order valence-corrected chi connectivity index (χ0v) is 17.4. The molecule has 0 saturated carbocycles. The van der Waals surface area contributed by atoms with Crippen molar-refractivity contribution in [2.75, 3.05) is 25.2 Å². The maximum absolute atomic E-state index is 12.4. The van der Waals surface area contributed by atoms with Gasteiger partial charge in [0.15, 0.2) is 6.61 Å². The van der Waals surface area contributed by atoms with Crippen LogP contribution in [0.3, 0.4) is 0 Å². The first-order valence-corrected chi connectivity index (χ1v) is 11.5. The van der Waals surface area contributed by atoms with Crippen molar-refractivity contribution in [1.82, 2.24) is 15.4 Å². The zero-order chi connectivity index (χ0) is 21.0. The summed E-state index contributed by atoms with van der Waals surface area (Å²) < 4.78 is 32.1. The van der Waals surface area contributed by atoms with Crippen LogP contribution in [0.5, 0.6) is 0 Å². The number of imide groups is 1. The van der Waals surface area contributed by atoms with Crippen molar-refractivity contribution in [2.45, 2.75) is 30.7 Å². The van der Waals surface area contributed by atoms with Gasteiger partial charge < -0.3 is 10.1 Å². The van der Waals surface area contributed by atoms with E-state index in [-0.39, 0.29) is 11.3 Å². The van der Waals surface area contributed by atoms with E-state index in [1.54, 1.807) is 18.2 Å². The lowest BCUT2D eigenvalue weighted by Gasteiger charge is -2.17. The van der Waals surface area contributed by atoms with Crippen LogP contribution in [0.4, 0.5) is 4.79 Å². The van der Waals surface area contributed by atoms with Gasteiger partial charge in [-0.05, 0) is 37.0 Å². The largest absolute Gasteiger partial charge is 0.454 e. The number of ether oxygens (including phenoxy) is 1. The van der Waals surface area contributed by atoms with E-state index in [1.165, 1.54) is 23.9 Å². The summed E-state index contributed by atoms with van der Waals surface area (Å²) >= 11 is 1.43. The monoisotopic (exact) mass is 431 g/mol. The normalized spacial score (nSPS) is 12.1. The number of hydrogen-bond acceptors (Lipinski definition) is 7. The molecular formula is C17H25N3O6S2. The van der Waals surface area contributed by atoms with E-state index >= 15 is 0 Å². The fraction of sp³-hybridized carbons (Fsp3) is 0.471. The fourth-order valence-corrected chi connectivity index (χ4v) is 3.71. The maximum atomic E-state index is 12.4. The quantitative estimate of drug-likeness (QED) is 0.443. The molecule has 156 valence electrons. The molecule has 0 saturated heterocycles. The Labute approximate surface area is 169 Å². The van der Waals surface area contributed by atoms with E-state index in [1.807, 2.05) is 18.5 Å². The second kappa shape index (κ2) is 12.4. The fourth-order valence-electron chi connectivity index (χ4n) is 2.00. The number of benzene rings is 1. The molecule has 0 aliphatic heterocycles. The summed E-state index contributed by atoms with van der Waals surface area (Å²) in [5.41, 5.74) is 0. The first-order chi connectivity index (χ1) is 13.3. The summed E-state index contributed by atoms with van der Waals surface area (Å²) in [7, 11) is -3.93. The van der Waals surface area contributed by atoms with Gasteiger partial charge in [0.25, 0.3) is 5.91 Å². The average Bonchev–Trinajstić information content (AvgIpc) is 2.68. The lowest BCUT2D eigenvalue weighted by molar-refractivity contribution is -0.150. The topological polar surface area (TPSA) is 131 Å². The molecule has 0 aliphatic carbocycles. The predicted octanol–water partition coefficient (Wildman–Crippen LogP) is 0.866. The lowest BCUT2D eigenvalue weighted by atomic mass is 10.2. The molecule has 1 aromatic rings. The van der Waals surface area contributed by atoms with Gasteiger partial charge in [0.2, 0.25) is 10.0 Å². The molecule has 0 spiro atoms. The van der Waals surface area contributed by atoms with Gasteiger partial charge >= 0.3 is 12.0 Å². The Balaban J connectivity index is 2.67. The highest BCUT2D eigenvalue weighted by molar-refractivity contribution is 7.98. The molecule has 1 atom stereocenters. The van der Waals surface area contributed by atoms with Gasteiger partial charge in [0.1, 0.15) is 6.04 Å². The Hall–Kier alpha value is -2.11. The molecule has 0 aromatic heterocycles. The summed E-state index contributed by atoms with van der Waals surface area (Å²) in [6.07, 6.45) is 2.70. The van der Waals surface area contributed by atoms with Crippen LogP contribution < -0.4 is 15.4 Å². The number of amides is 3. The molecule has 1 rings (SSSR count). The second-order valence-corrected chi connectivity index (χ2v) is 8.38. The number of carbonyl (C=O) groups excluding carboxylic acids is 3. The maximum Gasteiger partial charge on any atom is 0.324 e. The predicted molar refractivity (Wildman–Crippen MR) is 106 cm³/mol. The molecule has 9 nitrogen and oxygen atoms in total. The number of thioether (sulfide) groups is 1. The Bertz CT molecular complexity index is 755. The lowest BCUT2D eigenvalue weighted by Crippen LogP contribution is -2.45. The molecule has 28 heavy (non-hydrogen) atoms. The van der Waals surface area contributed by atoms with Gasteiger partial charge in [-0.25, -0.2) is 13.2 Å². The van der Waals surface area contributed by atoms with Crippen molar-refractivity contribution in [1.29, 1.82) is 0 Å². The zero-order valence-electron chi connectivity index (χ0n) is 15.8. The van der Waals surface area contributed by atoms with Crippen molar-refractivity contribution in [2.24, 2.45) is 0 Å². The summed E-state index contributed by atoms with van der Waals surface area (Å²) in [5, 5.41) is 4.46. The summed E-state index contributed by atoms with van der Waals surface area (Å²) in [5.74, 6) is -1.20. The number of carbonyl (C=O) groups is 3. The van der Waals surface area contributed by atoms with Gasteiger partial charge in [-0.1, -0.05) is 25.1 Å². The average molecular weight is 432 g/mol. The standard InChI is InChI=1S/C17H25N3O6S2/c1-3-10-18-17(23)19-15(21)12-26-16(22)14(9-11-27-2)20-28(24,25)13-7-5-4-6-8-13/h4-8,14,20H,3,9-12H2,1-2H3,(H2,18,19,21,23). The number of nitrogens with one attached hydrogen (secondary N) is 3. The van der Waals surface area contributed by atoms with E-state index in [0.717, 1.165) is 0 Å². The molecule has 3 N–H and O–H groups in total. The molecule has 0 fully saturated rings. The van der Waals surface area contributed by atoms with Crippen LogP contribution in [-0.4, -0.2) is 57.5 Å². The van der Waals surface area contributed by atoms with Crippen molar-refractivity contribution in [3.05, 3.63) is 30.3 Å². The third-order valence-electron chi connectivity index (χ3n) is 3.38. The van der Waals surface area contributed by atoms with Crippen LogP contribution >= 0.6 is 11.8 Å². The summed E-state index contributed by atoms with van der Waals surface area (Å²) in [6, 6.07) is 5.78. The molecular weight excluding hydrogens is 406 g/mol. The van der Waals surface area contributed by atoms with E-state index in [9.17, 15) is 22.8 Å². The molecule has 0 heterocycles. The van der Waals surface area contributed by atoms with Crippen LogP contribution in [0, 0.1) is 0 Å². The van der Waals surface area contributed by atoms with Crippen LogP contribution in [0.25, 0.3) is 0 Å². The summed E-state index contributed by atoms with van der Waals surface area (Å²) in [4.78, 5) is 35.4. The number of rotatable bonds is 11. The Morgan fingerprint density at radius 3 is 2.46 bits per heavy atom. The molecule has 11 heteroatoms. The third kappa shape index (κ3) is 8.72. The van der Waals surface area contributed by atoms with Gasteiger partial charge in [0.05, 0.1) is 4.90 Å². The molecule has 0 bridgehead atoms. The molecule has 0 aliphatic rings. The van der Waals surface area contributed by atoms with E-state index in [2.05, 4.69) is 10.0 Å². The minimum atomic E-state index is -3.93. The van der Waals surface area contributed by atoms with Crippen molar-refractivity contribution < 1.29 is 27.5 Å². The Morgan fingerprint density at radius 2 is 1.86 bits per heavy atom. The minimum absolute atomic E-state index is 0.0160. The number of sulfonamides is 1. The highest BCUT2D eigenvalue weighted by Gasteiger charge is 2.27. The molecule has 3 amide bonds. The molecule has 1 unspecified atom stereocenters. The van der Waals surface area contributed by atoms with Crippen LogP contribution in [0.1, 0.15) is 19.8 Å². The van der Waals surface area contributed by atoms with E-state index in [0.29, 0.717) is 18.7 Å². The second-order valence-electron chi connectivity index (χ2n) is 5.68. The van der Waals surface area contributed by atoms with Gasteiger partial charge in [-0.3, -0.25) is 14.9 Å². The number of hydrogen-bond donors (Lipinski definition) is 3. The Kier molecular flexibility index (Phi) is 10.6. The molecule has 1 aromatic carbocycles. The van der Waals surface area contributed by atoms with Crippen molar-refractivity contribution in [3.63, 3.8) is 0 Å². The number of urea groups is 1. The highest BCUT2D eigenvalue weighted by Crippen LogP contribution is 2.11. The smallest absolute Gasteiger partial charge is 0.324 e. The third-order valence-corrected chi connectivity index (χ3v) is 5.51. The van der Waals surface area contributed by atoms with E-state index in [4.69, 9.17) is 4.74 Å².